The number of nitrogens with zero attached hydrogens (tertiary/aromatic N) is 6. The van der Waals surface area contributed by atoms with E-state index in [9.17, 15) is 8.22 Å². The Bertz CT molecular complexity index is 7860. The van der Waals surface area contributed by atoms with E-state index in [0.717, 1.165) is 167 Å². The third-order valence-electron chi connectivity index (χ3n) is 24.6. The summed E-state index contributed by atoms with van der Waals surface area (Å²) in [5.74, 6) is 0. The third kappa shape index (κ3) is 10.8. The van der Waals surface area contributed by atoms with Crippen LogP contribution < -0.4 is 26.2 Å². The van der Waals surface area contributed by atoms with Gasteiger partial charge in [-0.2, -0.15) is 0 Å². The molecule has 2 aliphatic heterocycles. The molecule has 17 aromatic carbocycles. The first-order valence-electron chi connectivity index (χ1n) is 44.3. The van der Waals surface area contributed by atoms with Crippen molar-refractivity contribution in [3.8, 4) is 67.3 Å². The van der Waals surface area contributed by atoms with Crippen LogP contribution in [-0.4, -0.2) is 25.0 Å². The minimum absolute atomic E-state index is 0.00128. The van der Waals surface area contributed by atoms with Crippen LogP contribution in [0.25, 0.3) is 154 Å². The van der Waals surface area contributed by atoms with Gasteiger partial charge in [0.2, 0.25) is 0 Å². The van der Waals surface area contributed by atoms with Gasteiger partial charge in [-0.05, 0) is 228 Å². The second kappa shape index (κ2) is 26.1. The van der Waals surface area contributed by atoms with Crippen LogP contribution in [0.15, 0.2) is 382 Å². The van der Waals surface area contributed by atoms with Crippen LogP contribution in [-0.2, 0) is 10.8 Å². The Hall–Kier alpha value is -14.4. The topological polar surface area (TPSA) is 26.2 Å². The quantitative estimate of drug-likeness (QED) is 0.128. The molecule has 0 fully saturated rings. The maximum Gasteiger partial charge on any atom is 0.252 e. The zero-order valence-corrected chi connectivity index (χ0v) is 65.5. The Labute approximate surface area is 692 Å². The number of benzene rings is 17. The van der Waals surface area contributed by atoms with Crippen molar-refractivity contribution in [3.63, 3.8) is 0 Å². The lowest BCUT2D eigenvalue weighted by Gasteiger charge is -2.45. The number of fused-ring (bicyclic) bond motifs is 16. The van der Waals surface area contributed by atoms with E-state index in [0.29, 0.717) is 5.69 Å². The number of para-hydroxylation sites is 5. The standard InChI is InChI=1S/C110H81BN6/c1-109(2,3)78-47-54-101-91(63-78)92-64-79(110(4,5)6)48-55-102(92)115(101)85-68-106-108-107(69-85)117(84-61-76(72-33-15-9-16-34-72)58-77(62-84)73-35-17-10-18-36-73)105-67-82(114-100-46-28-23-41-90(100)93-65-80(51-56-103(93)114)112-96-42-24-19-37-86(96)87-38-20-25-43-97(87)112)50-53-95(105)111(108)94-52-49-81(113-98-44-26-21-39-88(98)89-40-22-27-45-99(89)113)66-104(94)116(106)83-59-74(70-29-11-7-12-30-70)57-75(60-83)71-31-13-8-14-32-71/h7-69H,1-6H3/i21D,22D,26D,27D,39D,40D,44D,45D. The van der Waals surface area contributed by atoms with Gasteiger partial charge in [-0.15, -0.1) is 0 Å². The zero-order chi connectivity index (χ0) is 85.1. The number of hydrogen-bond acceptors (Lipinski definition) is 2. The molecule has 7 heteroatoms. The van der Waals surface area contributed by atoms with Crippen LogP contribution in [0.4, 0.5) is 34.1 Å². The lowest BCUT2D eigenvalue weighted by Crippen LogP contribution is -2.61. The third-order valence-corrected chi connectivity index (χ3v) is 24.6. The van der Waals surface area contributed by atoms with E-state index in [2.05, 4.69) is 380 Å². The Balaban J connectivity index is 0.884. The van der Waals surface area contributed by atoms with Crippen molar-refractivity contribution in [1.29, 1.82) is 0 Å². The van der Waals surface area contributed by atoms with Crippen LogP contribution in [0.2, 0.25) is 0 Å². The molecule has 0 atom stereocenters. The Morgan fingerprint density at radius 1 is 0.222 bits per heavy atom. The van der Waals surface area contributed by atoms with Crippen molar-refractivity contribution in [2.75, 3.05) is 9.80 Å². The highest BCUT2D eigenvalue weighted by Gasteiger charge is 2.45. The molecule has 0 amide bonds. The highest BCUT2D eigenvalue weighted by atomic mass is 15.2. The first kappa shape index (κ1) is 60.2. The molecule has 0 radical (unpaired) electrons. The first-order chi connectivity index (χ1) is 60.6. The molecule has 4 aromatic heterocycles. The lowest BCUT2D eigenvalue weighted by molar-refractivity contribution is 0.590. The molecule has 0 aliphatic carbocycles. The Morgan fingerprint density at radius 3 is 0.932 bits per heavy atom. The average Bonchev–Trinajstić information content (AvgIpc) is 1.54. The predicted molar refractivity (Wildman–Crippen MR) is 497 cm³/mol. The van der Waals surface area contributed by atoms with Crippen LogP contribution in [0.3, 0.4) is 0 Å². The van der Waals surface area contributed by atoms with Crippen LogP contribution in [0, 0.1) is 0 Å². The number of rotatable bonds is 10. The molecule has 554 valence electrons. The van der Waals surface area contributed by atoms with Crippen molar-refractivity contribution >= 4 is 144 Å². The van der Waals surface area contributed by atoms with E-state index in [-0.39, 0.29) is 44.7 Å². The van der Waals surface area contributed by atoms with E-state index in [1.807, 2.05) is 18.2 Å². The smallest absolute Gasteiger partial charge is 0.252 e. The second-order valence-electron chi connectivity index (χ2n) is 33.5. The SMILES string of the molecule is [2H]c1c([2H])c([2H])c2c(c1[2H])c1c([2H])c([2H])c([2H])c([2H])c1n2-c1ccc2c(c1)N(c1cc(-c3ccccc3)cc(-c3ccccc3)c1)c1cc(-n3c4ccc(C(C)(C)C)cc4c4cc(C(C)(C)C)ccc43)cc3c1B2c1ccc(-n2c4ccccc4c4cc(-n5c6ccccc6c6ccccc65)ccc42)cc1N3c1cc(-c2ccccc2)cc(-c2ccccc2)c1. The molecule has 0 bridgehead atoms. The van der Waals surface area contributed by atoms with Gasteiger partial charge in [0.25, 0.3) is 6.71 Å². The summed E-state index contributed by atoms with van der Waals surface area (Å²) < 4.78 is 85.3. The van der Waals surface area contributed by atoms with Gasteiger partial charge in [0.1, 0.15) is 0 Å². The fraction of sp³-hybridized carbons (Fsp3) is 0.0727. The van der Waals surface area contributed by atoms with Crippen molar-refractivity contribution in [1.82, 2.24) is 18.3 Å². The molecule has 0 N–H and O–H groups in total. The second-order valence-corrected chi connectivity index (χ2v) is 33.5. The minimum Gasteiger partial charge on any atom is -0.311 e. The van der Waals surface area contributed by atoms with E-state index in [1.54, 1.807) is 4.57 Å². The maximum atomic E-state index is 9.95. The molecule has 6 nitrogen and oxygen atoms in total. The summed E-state index contributed by atoms with van der Waals surface area (Å²) in [5, 5.41) is 6.85. The summed E-state index contributed by atoms with van der Waals surface area (Å²) >= 11 is 0. The van der Waals surface area contributed by atoms with Gasteiger partial charge in [-0.3, -0.25) is 0 Å². The Morgan fingerprint density at radius 2 is 0.530 bits per heavy atom. The molecule has 117 heavy (non-hydrogen) atoms. The van der Waals surface area contributed by atoms with Crippen molar-refractivity contribution in [3.05, 3.63) is 393 Å². The fourth-order valence-corrected chi connectivity index (χ4v) is 19.1. The van der Waals surface area contributed by atoms with Crippen LogP contribution >= 0.6 is 0 Å². The Kier molecular flexibility index (Phi) is 13.4. The van der Waals surface area contributed by atoms with Gasteiger partial charge in [0, 0.05) is 94.3 Å². The molecule has 23 rings (SSSR count). The molecule has 0 saturated carbocycles. The molecule has 0 unspecified atom stereocenters. The molecule has 6 heterocycles. The summed E-state index contributed by atoms with van der Waals surface area (Å²) in [7, 11) is 0. The minimum atomic E-state index is -0.548. The van der Waals surface area contributed by atoms with Gasteiger partial charge in [-0.1, -0.05) is 278 Å². The summed E-state index contributed by atoms with van der Waals surface area (Å²) in [4.78, 5) is 4.94. The molecule has 0 saturated heterocycles. The normalized spacial score (nSPS) is 13.8. The molecule has 0 spiro atoms. The van der Waals surface area contributed by atoms with E-state index < -0.39 is 43.0 Å². The highest BCUT2D eigenvalue weighted by Crippen LogP contribution is 2.52. The zero-order valence-electron chi connectivity index (χ0n) is 73.5. The van der Waals surface area contributed by atoms with E-state index in [4.69, 9.17) is 2.74 Å². The van der Waals surface area contributed by atoms with Gasteiger partial charge >= 0.3 is 0 Å². The van der Waals surface area contributed by atoms with Crippen molar-refractivity contribution < 1.29 is 11.0 Å². The van der Waals surface area contributed by atoms with Crippen LogP contribution in [0.5, 0.6) is 0 Å². The summed E-state index contributed by atoms with van der Waals surface area (Å²) in [6.45, 7) is 13.1. The van der Waals surface area contributed by atoms with Crippen LogP contribution in [0.1, 0.15) is 63.6 Å². The fourth-order valence-electron chi connectivity index (χ4n) is 19.1. The largest absolute Gasteiger partial charge is 0.311 e. The van der Waals surface area contributed by atoms with E-state index in [1.165, 1.54) is 21.9 Å². The maximum absolute atomic E-state index is 9.95. The highest BCUT2D eigenvalue weighted by molar-refractivity contribution is 7.00. The summed E-state index contributed by atoms with van der Waals surface area (Å²) in [5.41, 5.74) is 28.1. The first-order valence-corrected chi connectivity index (χ1v) is 40.3. The molecular formula is C110H81BN6. The van der Waals surface area contributed by atoms with Gasteiger partial charge in [-0.25, -0.2) is 0 Å². The number of anilines is 6. The van der Waals surface area contributed by atoms with Crippen molar-refractivity contribution in [2.45, 2.75) is 52.4 Å². The molecule has 21 aromatic rings. The summed E-state index contributed by atoms with van der Waals surface area (Å²) in [6, 6.07) is 118. The van der Waals surface area contributed by atoms with E-state index >= 15 is 0 Å². The summed E-state index contributed by atoms with van der Waals surface area (Å²) in [6.07, 6.45) is 0. The lowest BCUT2D eigenvalue weighted by atomic mass is 9.33. The predicted octanol–water partition coefficient (Wildman–Crippen LogP) is 27.4. The average molecular weight is 1510 g/mol. The number of aromatic nitrogens is 4. The molecular weight excluding hydrogens is 1420 g/mol. The molecule has 2 aliphatic rings. The monoisotopic (exact) mass is 1500 g/mol. The van der Waals surface area contributed by atoms with Crippen molar-refractivity contribution in [2.24, 2.45) is 0 Å². The van der Waals surface area contributed by atoms with Gasteiger partial charge in [0.05, 0.1) is 60.8 Å². The van der Waals surface area contributed by atoms with Gasteiger partial charge < -0.3 is 28.1 Å². The van der Waals surface area contributed by atoms with Gasteiger partial charge in [0.15, 0.2) is 0 Å². The number of hydrogen-bond donors (Lipinski definition) is 0.